The molecule has 0 aromatic carbocycles. The molecule has 13 heavy (non-hydrogen) atoms. The van der Waals surface area contributed by atoms with Crippen LogP contribution in [0.1, 0.15) is 19.8 Å². The van der Waals surface area contributed by atoms with Gasteiger partial charge in [0.1, 0.15) is 0 Å². The Kier molecular flexibility index (Phi) is 4.02. The molecule has 1 aromatic rings. The number of aromatic amines is 1. The van der Waals surface area contributed by atoms with E-state index in [4.69, 9.17) is 4.74 Å². The zero-order valence-electron chi connectivity index (χ0n) is 7.69. The molecule has 4 heteroatoms. The minimum atomic E-state index is -0.00694. The van der Waals surface area contributed by atoms with Crippen LogP contribution in [0.25, 0.3) is 0 Å². The first-order valence-electron chi connectivity index (χ1n) is 4.45. The number of nitrogens with one attached hydrogen (secondary N) is 1. The third-order valence-corrected chi connectivity index (χ3v) is 1.60. The van der Waals surface area contributed by atoms with Gasteiger partial charge in [0.25, 0.3) is 0 Å². The second-order valence-corrected chi connectivity index (χ2v) is 2.79. The van der Waals surface area contributed by atoms with Gasteiger partial charge >= 0.3 is 5.97 Å². The van der Waals surface area contributed by atoms with E-state index < -0.39 is 0 Å². The van der Waals surface area contributed by atoms with Gasteiger partial charge in [0.2, 0.25) is 0 Å². The van der Waals surface area contributed by atoms with Gasteiger partial charge in [0.05, 0.1) is 12.5 Å². The van der Waals surface area contributed by atoms with Crippen LogP contribution < -0.4 is 0 Å². The molecule has 4 nitrogen and oxygen atoms in total. The van der Waals surface area contributed by atoms with Crippen LogP contribution in [0.2, 0.25) is 0 Å². The van der Waals surface area contributed by atoms with Gasteiger partial charge in [-0.15, -0.1) is 0 Å². The minimum Gasteiger partial charge on any atom is -0.466 e. The summed E-state index contributed by atoms with van der Waals surface area (Å²) in [4.78, 5) is 10.6. The highest BCUT2D eigenvalue weighted by atomic mass is 16.5. The SMILES string of the molecule is CCOC(=O)C1CC1.c1cn[nH]c1. The molecule has 2 rings (SSSR count). The Morgan fingerprint density at radius 2 is 2.46 bits per heavy atom. The van der Waals surface area contributed by atoms with E-state index in [1.54, 1.807) is 12.4 Å². The number of esters is 1. The molecule has 1 saturated carbocycles. The first-order chi connectivity index (χ1) is 6.34. The Hall–Kier alpha value is -1.32. The highest BCUT2D eigenvalue weighted by molar-refractivity contribution is 5.74. The molecule has 1 N–H and O–H groups in total. The number of carbonyl (C=O) groups excluding carboxylic acids is 1. The third kappa shape index (κ3) is 4.30. The van der Waals surface area contributed by atoms with Gasteiger partial charge in [-0.1, -0.05) is 0 Å². The van der Waals surface area contributed by atoms with Crippen LogP contribution in [-0.4, -0.2) is 22.8 Å². The zero-order valence-corrected chi connectivity index (χ0v) is 7.69. The fourth-order valence-electron chi connectivity index (χ4n) is 0.794. The molecule has 0 atom stereocenters. The van der Waals surface area contributed by atoms with Crippen molar-refractivity contribution in [1.82, 2.24) is 10.2 Å². The maximum Gasteiger partial charge on any atom is 0.308 e. The number of hydrogen-bond donors (Lipinski definition) is 1. The number of carbonyl (C=O) groups is 1. The Balaban J connectivity index is 0.000000145. The lowest BCUT2D eigenvalue weighted by molar-refractivity contribution is -0.144. The topological polar surface area (TPSA) is 55.0 Å². The van der Waals surface area contributed by atoms with Crippen LogP contribution in [0.4, 0.5) is 0 Å². The van der Waals surface area contributed by atoms with E-state index in [2.05, 4.69) is 10.2 Å². The lowest BCUT2D eigenvalue weighted by Crippen LogP contribution is -2.04. The number of rotatable bonds is 2. The van der Waals surface area contributed by atoms with Gasteiger partial charge in [0, 0.05) is 12.4 Å². The van der Waals surface area contributed by atoms with Crippen molar-refractivity contribution in [2.45, 2.75) is 19.8 Å². The Bertz CT molecular complexity index is 213. The van der Waals surface area contributed by atoms with Gasteiger partial charge in [0.15, 0.2) is 0 Å². The number of ether oxygens (including phenoxy) is 1. The summed E-state index contributed by atoms with van der Waals surface area (Å²) in [6.07, 6.45) is 5.54. The molecular formula is C9H14N2O2. The summed E-state index contributed by atoms with van der Waals surface area (Å²) in [6, 6.07) is 1.83. The summed E-state index contributed by atoms with van der Waals surface area (Å²) in [7, 11) is 0. The highest BCUT2D eigenvalue weighted by Crippen LogP contribution is 2.29. The van der Waals surface area contributed by atoms with Crippen molar-refractivity contribution >= 4 is 5.97 Å². The second kappa shape index (κ2) is 5.35. The molecule has 0 radical (unpaired) electrons. The molecule has 1 aromatic heterocycles. The normalized spacial score (nSPS) is 14.2. The van der Waals surface area contributed by atoms with Crippen molar-refractivity contribution in [2.75, 3.05) is 6.61 Å². The predicted molar refractivity (Wildman–Crippen MR) is 47.9 cm³/mol. The Morgan fingerprint density at radius 3 is 2.77 bits per heavy atom. The highest BCUT2D eigenvalue weighted by Gasteiger charge is 2.30. The van der Waals surface area contributed by atoms with Crippen molar-refractivity contribution in [3.8, 4) is 0 Å². The van der Waals surface area contributed by atoms with Gasteiger partial charge in [-0.05, 0) is 25.8 Å². The summed E-state index contributed by atoms with van der Waals surface area (Å²) >= 11 is 0. The quantitative estimate of drug-likeness (QED) is 0.703. The van der Waals surface area contributed by atoms with Crippen LogP contribution in [0, 0.1) is 5.92 Å². The average Bonchev–Trinajstić information content (AvgIpc) is 2.81. The number of nitrogens with zero attached hydrogens (tertiary/aromatic N) is 1. The van der Waals surface area contributed by atoms with Crippen molar-refractivity contribution in [2.24, 2.45) is 5.92 Å². The summed E-state index contributed by atoms with van der Waals surface area (Å²) in [5, 5.41) is 6.21. The molecule has 0 amide bonds. The monoisotopic (exact) mass is 182 g/mol. The van der Waals surface area contributed by atoms with E-state index in [0.717, 1.165) is 12.8 Å². The summed E-state index contributed by atoms with van der Waals surface area (Å²) in [5.74, 6) is 0.252. The van der Waals surface area contributed by atoms with E-state index in [1.165, 1.54) is 0 Å². The zero-order chi connectivity index (χ0) is 9.52. The summed E-state index contributed by atoms with van der Waals surface area (Å²) in [5.41, 5.74) is 0. The smallest absolute Gasteiger partial charge is 0.308 e. The molecule has 0 unspecified atom stereocenters. The number of aromatic nitrogens is 2. The second-order valence-electron chi connectivity index (χ2n) is 2.79. The van der Waals surface area contributed by atoms with E-state index in [1.807, 2.05) is 13.0 Å². The molecule has 1 heterocycles. The Morgan fingerprint density at radius 1 is 1.69 bits per heavy atom. The van der Waals surface area contributed by atoms with E-state index in [-0.39, 0.29) is 11.9 Å². The molecule has 0 bridgehead atoms. The van der Waals surface area contributed by atoms with Gasteiger partial charge in [-0.3, -0.25) is 9.89 Å². The van der Waals surface area contributed by atoms with Crippen LogP contribution in [0.15, 0.2) is 18.5 Å². The molecule has 0 saturated heterocycles. The fraction of sp³-hybridized carbons (Fsp3) is 0.556. The van der Waals surface area contributed by atoms with Crippen molar-refractivity contribution < 1.29 is 9.53 Å². The molecule has 0 spiro atoms. The predicted octanol–water partition coefficient (Wildman–Crippen LogP) is 1.37. The maximum atomic E-state index is 10.6. The minimum absolute atomic E-state index is 0.00694. The standard InChI is InChI=1S/C6H10O2.C3H4N2/c1-2-8-6(7)5-3-4-5;1-2-4-5-3-1/h5H,2-4H2,1H3;1-3H,(H,4,5). The average molecular weight is 182 g/mol. The lowest BCUT2D eigenvalue weighted by atomic mass is 10.4. The van der Waals surface area contributed by atoms with Crippen molar-refractivity contribution in [1.29, 1.82) is 0 Å². The van der Waals surface area contributed by atoms with Crippen LogP contribution >= 0.6 is 0 Å². The summed E-state index contributed by atoms with van der Waals surface area (Å²) in [6.45, 7) is 2.36. The van der Waals surface area contributed by atoms with E-state index in [9.17, 15) is 4.79 Å². The summed E-state index contributed by atoms with van der Waals surface area (Å²) < 4.78 is 4.73. The molecule has 1 fully saturated rings. The number of H-pyrrole nitrogens is 1. The van der Waals surface area contributed by atoms with Gasteiger partial charge in [-0.2, -0.15) is 5.10 Å². The van der Waals surface area contributed by atoms with E-state index in [0.29, 0.717) is 6.61 Å². The van der Waals surface area contributed by atoms with Gasteiger partial charge < -0.3 is 4.74 Å². The fourth-order valence-corrected chi connectivity index (χ4v) is 0.794. The first-order valence-corrected chi connectivity index (χ1v) is 4.45. The maximum absolute atomic E-state index is 10.6. The molecule has 1 aliphatic rings. The molecule has 1 aliphatic carbocycles. The van der Waals surface area contributed by atoms with E-state index >= 15 is 0 Å². The molecular weight excluding hydrogens is 168 g/mol. The first kappa shape index (κ1) is 9.77. The van der Waals surface area contributed by atoms with Crippen molar-refractivity contribution in [3.63, 3.8) is 0 Å². The number of hydrogen-bond acceptors (Lipinski definition) is 3. The molecule has 72 valence electrons. The van der Waals surface area contributed by atoms with Crippen LogP contribution in [0.5, 0.6) is 0 Å². The van der Waals surface area contributed by atoms with Crippen molar-refractivity contribution in [3.05, 3.63) is 18.5 Å². The Labute approximate surface area is 77.3 Å². The largest absolute Gasteiger partial charge is 0.466 e. The van der Waals surface area contributed by atoms with Crippen LogP contribution in [-0.2, 0) is 9.53 Å². The third-order valence-electron chi connectivity index (χ3n) is 1.60. The lowest BCUT2D eigenvalue weighted by Gasteiger charge is -1.95. The van der Waals surface area contributed by atoms with Gasteiger partial charge in [-0.25, -0.2) is 0 Å². The van der Waals surface area contributed by atoms with Crippen LogP contribution in [0.3, 0.4) is 0 Å². The molecule has 0 aliphatic heterocycles.